The number of likely N-dealkylation sites (tertiary alicyclic amines) is 1. The molecular formula is C26H33N5O3. The van der Waals surface area contributed by atoms with Crippen molar-refractivity contribution >= 4 is 23.5 Å². The van der Waals surface area contributed by atoms with Crippen LogP contribution in [0.4, 0.5) is 5.82 Å². The Bertz CT molecular complexity index is 1040. The van der Waals surface area contributed by atoms with E-state index in [9.17, 15) is 14.4 Å². The first-order chi connectivity index (χ1) is 16.4. The van der Waals surface area contributed by atoms with Crippen LogP contribution < -0.4 is 16.0 Å². The average molecular weight is 464 g/mol. The minimum Gasteiger partial charge on any atom is -0.349 e. The standard InChI is InChI=1S/C26H33N5O3/c1-17-5-3-6-20(13-17)26(34)27-14-25(33)29-21-15-31(16-21)22-11-9-19(10-12-22)23-7-4-8-24(30-23)28-18(2)32/h3-8,13,19,21-22H,9-12,14-16H2,1-2H3,(H,27,34)(H,29,33)(H,28,30,32). The van der Waals surface area contributed by atoms with E-state index < -0.39 is 0 Å². The molecule has 180 valence electrons. The number of aromatic nitrogens is 1. The number of nitrogens with zero attached hydrogens (tertiary/aromatic N) is 2. The quantitative estimate of drug-likeness (QED) is 0.586. The second-order valence-corrected chi connectivity index (χ2v) is 9.40. The first kappa shape index (κ1) is 23.9. The molecule has 3 amide bonds. The van der Waals surface area contributed by atoms with E-state index in [2.05, 4.69) is 25.8 Å². The number of carbonyl (C=O) groups is 3. The molecule has 34 heavy (non-hydrogen) atoms. The normalized spacial score (nSPS) is 20.8. The molecule has 0 radical (unpaired) electrons. The minimum atomic E-state index is -0.233. The topological polar surface area (TPSA) is 103 Å². The van der Waals surface area contributed by atoms with Gasteiger partial charge in [-0.05, 0) is 56.9 Å². The van der Waals surface area contributed by atoms with Crippen LogP contribution in [0.2, 0.25) is 0 Å². The minimum absolute atomic E-state index is 0.0149. The van der Waals surface area contributed by atoms with Crippen molar-refractivity contribution in [3.8, 4) is 0 Å². The molecule has 8 heteroatoms. The number of anilines is 1. The largest absolute Gasteiger partial charge is 0.349 e. The van der Waals surface area contributed by atoms with Crippen LogP contribution in [-0.4, -0.2) is 59.3 Å². The molecule has 3 N–H and O–H groups in total. The lowest BCUT2D eigenvalue weighted by molar-refractivity contribution is -0.122. The summed E-state index contributed by atoms with van der Waals surface area (Å²) in [6.07, 6.45) is 4.34. The van der Waals surface area contributed by atoms with Crippen molar-refractivity contribution in [3.05, 3.63) is 59.3 Å². The van der Waals surface area contributed by atoms with Crippen molar-refractivity contribution in [2.24, 2.45) is 0 Å². The SMILES string of the molecule is CC(=O)Nc1cccc(C2CCC(N3CC(NC(=O)CNC(=O)c4cccc(C)c4)C3)CC2)n1. The number of hydrogen-bond acceptors (Lipinski definition) is 5. The van der Waals surface area contributed by atoms with Crippen molar-refractivity contribution in [1.82, 2.24) is 20.5 Å². The highest BCUT2D eigenvalue weighted by Crippen LogP contribution is 2.35. The Morgan fingerprint density at radius 1 is 1.03 bits per heavy atom. The zero-order valence-electron chi connectivity index (χ0n) is 19.8. The van der Waals surface area contributed by atoms with Crippen LogP contribution in [0.1, 0.15) is 60.1 Å². The summed E-state index contributed by atoms with van der Waals surface area (Å²) < 4.78 is 0. The highest BCUT2D eigenvalue weighted by atomic mass is 16.2. The summed E-state index contributed by atoms with van der Waals surface area (Å²) in [6.45, 7) is 5.11. The van der Waals surface area contributed by atoms with Gasteiger partial charge >= 0.3 is 0 Å². The summed E-state index contributed by atoms with van der Waals surface area (Å²) in [7, 11) is 0. The van der Waals surface area contributed by atoms with Gasteiger partial charge in [0.1, 0.15) is 5.82 Å². The summed E-state index contributed by atoms with van der Waals surface area (Å²) in [5.41, 5.74) is 2.62. The Labute approximate surface area is 200 Å². The lowest BCUT2D eigenvalue weighted by Crippen LogP contribution is -2.63. The van der Waals surface area contributed by atoms with Crippen LogP contribution in [0.15, 0.2) is 42.5 Å². The molecule has 1 aliphatic heterocycles. The van der Waals surface area contributed by atoms with Gasteiger partial charge in [-0.1, -0.05) is 23.8 Å². The van der Waals surface area contributed by atoms with Gasteiger partial charge in [-0.25, -0.2) is 4.98 Å². The van der Waals surface area contributed by atoms with E-state index in [-0.39, 0.29) is 30.3 Å². The molecule has 1 saturated carbocycles. The van der Waals surface area contributed by atoms with Gasteiger partial charge in [0.15, 0.2) is 0 Å². The van der Waals surface area contributed by atoms with Crippen molar-refractivity contribution in [1.29, 1.82) is 0 Å². The van der Waals surface area contributed by atoms with Gasteiger partial charge in [0.25, 0.3) is 5.91 Å². The maximum Gasteiger partial charge on any atom is 0.251 e. The van der Waals surface area contributed by atoms with Crippen LogP contribution in [-0.2, 0) is 9.59 Å². The van der Waals surface area contributed by atoms with E-state index in [4.69, 9.17) is 0 Å². The number of benzene rings is 1. The molecule has 1 aromatic heterocycles. The molecule has 0 spiro atoms. The number of amides is 3. The summed E-state index contributed by atoms with van der Waals surface area (Å²) >= 11 is 0. The first-order valence-corrected chi connectivity index (χ1v) is 12.0. The molecule has 2 heterocycles. The molecule has 2 aromatic rings. The number of hydrogen-bond donors (Lipinski definition) is 3. The van der Waals surface area contributed by atoms with Crippen LogP contribution in [0, 0.1) is 6.92 Å². The molecular weight excluding hydrogens is 430 g/mol. The van der Waals surface area contributed by atoms with Gasteiger partial charge in [0.05, 0.1) is 12.6 Å². The van der Waals surface area contributed by atoms with Crippen LogP contribution >= 0.6 is 0 Å². The Morgan fingerprint density at radius 3 is 2.47 bits per heavy atom. The number of rotatable bonds is 7. The van der Waals surface area contributed by atoms with Crippen molar-refractivity contribution in [2.75, 3.05) is 25.0 Å². The fourth-order valence-corrected chi connectivity index (χ4v) is 4.90. The average Bonchev–Trinajstić information content (AvgIpc) is 2.79. The Balaban J connectivity index is 1.15. The fraction of sp³-hybridized carbons (Fsp3) is 0.462. The number of aryl methyl sites for hydroxylation is 1. The Hall–Kier alpha value is -3.26. The second-order valence-electron chi connectivity index (χ2n) is 9.40. The first-order valence-electron chi connectivity index (χ1n) is 12.0. The third-order valence-electron chi connectivity index (χ3n) is 6.67. The van der Waals surface area contributed by atoms with Gasteiger partial charge in [0.2, 0.25) is 11.8 Å². The van der Waals surface area contributed by atoms with E-state index in [1.54, 1.807) is 6.07 Å². The van der Waals surface area contributed by atoms with Crippen LogP contribution in [0.3, 0.4) is 0 Å². The molecule has 2 fully saturated rings. The molecule has 0 bridgehead atoms. The van der Waals surface area contributed by atoms with E-state index in [1.807, 2.05) is 43.3 Å². The second kappa shape index (κ2) is 10.8. The fourth-order valence-electron chi connectivity index (χ4n) is 4.90. The number of pyridine rings is 1. The third-order valence-corrected chi connectivity index (χ3v) is 6.67. The molecule has 0 unspecified atom stereocenters. The lowest BCUT2D eigenvalue weighted by atomic mass is 9.82. The smallest absolute Gasteiger partial charge is 0.251 e. The molecule has 1 aliphatic carbocycles. The highest BCUT2D eigenvalue weighted by molar-refractivity contribution is 5.96. The van der Waals surface area contributed by atoms with Crippen LogP contribution in [0.5, 0.6) is 0 Å². The number of nitrogens with one attached hydrogen (secondary N) is 3. The van der Waals surface area contributed by atoms with Gasteiger partial charge in [-0.15, -0.1) is 0 Å². The van der Waals surface area contributed by atoms with E-state index in [1.165, 1.54) is 6.92 Å². The summed E-state index contributed by atoms with van der Waals surface area (Å²) in [5, 5.41) is 8.47. The zero-order valence-corrected chi connectivity index (χ0v) is 19.8. The predicted molar refractivity (Wildman–Crippen MR) is 131 cm³/mol. The van der Waals surface area contributed by atoms with Crippen LogP contribution in [0.25, 0.3) is 0 Å². The molecule has 8 nitrogen and oxygen atoms in total. The number of carbonyl (C=O) groups excluding carboxylic acids is 3. The van der Waals surface area contributed by atoms with E-state index >= 15 is 0 Å². The maximum atomic E-state index is 12.2. The maximum absolute atomic E-state index is 12.2. The summed E-state index contributed by atoms with van der Waals surface area (Å²) in [6, 6.07) is 13.8. The summed E-state index contributed by atoms with van der Waals surface area (Å²) in [5.74, 6) is 0.533. The Kier molecular flexibility index (Phi) is 7.57. The van der Waals surface area contributed by atoms with Gasteiger partial charge in [-0.3, -0.25) is 19.3 Å². The Morgan fingerprint density at radius 2 is 1.76 bits per heavy atom. The zero-order chi connectivity index (χ0) is 24.1. The van der Waals surface area contributed by atoms with Crippen molar-refractivity contribution < 1.29 is 14.4 Å². The van der Waals surface area contributed by atoms with Gasteiger partial charge in [-0.2, -0.15) is 0 Å². The molecule has 1 aromatic carbocycles. The third kappa shape index (κ3) is 6.20. The molecule has 4 rings (SSSR count). The monoisotopic (exact) mass is 463 g/mol. The molecule has 0 atom stereocenters. The molecule has 1 saturated heterocycles. The van der Waals surface area contributed by atoms with Crippen molar-refractivity contribution in [3.63, 3.8) is 0 Å². The van der Waals surface area contributed by atoms with Crippen molar-refractivity contribution in [2.45, 2.75) is 57.5 Å². The van der Waals surface area contributed by atoms with E-state index in [0.29, 0.717) is 23.3 Å². The summed E-state index contributed by atoms with van der Waals surface area (Å²) in [4.78, 5) is 42.8. The lowest BCUT2D eigenvalue weighted by Gasteiger charge is -2.46. The highest BCUT2D eigenvalue weighted by Gasteiger charge is 2.35. The predicted octanol–water partition coefficient (Wildman–Crippen LogP) is 2.61. The molecule has 2 aliphatic rings. The van der Waals surface area contributed by atoms with E-state index in [0.717, 1.165) is 50.0 Å². The van der Waals surface area contributed by atoms with Gasteiger partial charge in [0, 0.05) is 43.2 Å². The van der Waals surface area contributed by atoms with Gasteiger partial charge < -0.3 is 16.0 Å².